The van der Waals surface area contributed by atoms with Crippen LogP contribution in [0.5, 0.6) is 5.75 Å². The normalized spacial score (nSPS) is 11.1. The molecule has 0 bridgehead atoms. The van der Waals surface area contributed by atoms with Crippen LogP contribution in [0.2, 0.25) is 5.02 Å². The summed E-state index contributed by atoms with van der Waals surface area (Å²) in [6.07, 6.45) is 0.950. The quantitative estimate of drug-likeness (QED) is 0.446. The number of nitrogens with one attached hydrogen (secondary N) is 1. The molecule has 0 saturated carbocycles. The summed E-state index contributed by atoms with van der Waals surface area (Å²) in [4.78, 5) is 12.7. The van der Waals surface area contributed by atoms with E-state index in [0.29, 0.717) is 16.5 Å². The number of nitrogens with zero attached hydrogens (tertiary/aromatic N) is 1. The van der Waals surface area contributed by atoms with E-state index in [1.807, 2.05) is 24.3 Å². The summed E-state index contributed by atoms with van der Waals surface area (Å²) in [5, 5.41) is 3.08. The van der Waals surface area contributed by atoms with Gasteiger partial charge < -0.3 is 10.1 Å². The number of carbonyl (C=O) groups excluding carboxylic acids is 1. The van der Waals surface area contributed by atoms with Gasteiger partial charge in [0, 0.05) is 5.02 Å². The molecule has 32 heavy (non-hydrogen) atoms. The summed E-state index contributed by atoms with van der Waals surface area (Å²) in [6.45, 7) is 2.20. The number of sulfonamides is 1. The number of rotatable bonds is 10. The van der Waals surface area contributed by atoms with Crippen LogP contribution in [-0.4, -0.2) is 34.0 Å². The molecule has 1 N–H and O–H groups in total. The fourth-order valence-corrected chi connectivity index (χ4v) is 4.65. The maximum atomic E-state index is 13.2. The molecule has 6 nitrogen and oxygen atoms in total. The Balaban J connectivity index is 1.66. The predicted molar refractivity (Wildman–Crippen MR) is 127 cm³/mol. The van der Waals surface area contributed by atoms with Gasteiger partial charge in [-0.2, -0.15) is 0 Å². The Morgan fingerprint density at radius 1 is 1.00 bits per heavy atom. The van der Waals surface area contributed by atoms with Crippen LogP contribution in [0.25, 0.3) is 0 Å². The second kappa shape index (κ2) is 11.0. The molecule has 3 rings (SSSR count). The van der Waals surface area contributed by atoms with Gasteiger partial charge in [-0.25, -0.2) is 8.42 Å². The van der Waals surface area contributed by atoms with Crippen LogP contribution in [0.3, 0.4) is 0 Å². The van der Waals surface area contributed by atoms with E-state index in [9.17, 15) is 13.2 Å². The summed E-state index contributed by atoms with van der Waals surface area (Å²) in [7, 11) is -3.96. The van der Waals surface area contributed by atoms with Gasteiger partial charge in [0.25, 0.3) is 10.0 Å². The number of ether oxygens (including phenoxy) is 1. The van der Waals surface area contributed by atoms with Crippen molar-refractivity contribution in [1.82, 2.24) is 5.32 Å². The summed E-state index contributed by atoms with van der Waals surface area (Å²) in [5.41, 5.74) is 1.52. The second-order valence-corrected chi connectivity index (χ2v) is 9.30. The lowest BCUT2D eigenvalue weighted by molar-refractivity contribution is -0.119. The molecule has 168 valence electrons. The molecular formula is C24H25ClN2O4S. The highest BCUT2D eigenvalue weighted by atomic mass is 35.5. The number of benzene rings is 3. The van der Waals surface area contributed by atoms with Crippen molar-refractivity contribution in [1.29, 1.82) is 0 Å². The van der Waals surface area contributed by atoms with E-state index in [-0.39, 0.29) is 24.6 Å². The van der Waals surface area contributed by atoms with E-state index in [0.717, 1.165) is 10.7 Å². The SMILES string of the molecule is CCc1ccc(OCCNC(=O)CN(c2cccc(Cl)c2)S(=O)(=O)c2ccccc2)cc1. The zero-order valence-corrected chi connectivity index (χ0v) is 19.3. The average molecular weight is 473 g/mol. The number of anilines is 1. The minimum Gasteiger partial charge on any atom is -0.492 e. The van der Waals surface area contributed by atoms with E-state index >= 15 is 0 Å². The van der Waals surface area contributed by atoms with Crippen LogP contribution in [0.1, 0.15) is 12.5 Å². The molecule has 0 fully saturated rings. The summed E-state index contributed by atoms with van der Waals surface area (Å²) >= 11 is 6.06. The molecular weight excluding hydrogens is 448 g/mol. The Morgan fingerprint density at radius 2 is 1.72 bits per heavy atom. The third-order valence-electron chi connectivity index (χ3n) is 4.74. The number of aryl methyl sites for hydroxylation is 1. The zero-order chi connectivity index (χ0) is 23.0. The van der Waals surface area contributed by atoms with Crippen molar-refractivity contribution in [3.05, 3.63) is 89.4 Å². The van der Waals surface area contributed by atoms with Gasteiger partial charge in [0.1, 0.15) is 18.9 Å². The Morgan fingerprint density at radius 3 is 2.38 bits per heavy atom. The van der Waals surface area contributed by atoms with E-state index in [1.54, 1.807) is 36.4 Å². The van der Waals surface area contributed by atoms with Gasteiger partial charge >= 0.3 is 0 Å². The minimum absolute atomic E-state index is 0.0895. The van der Waals surface area contributed by atoms with Crippen LogP contribution >= 0.6 is 11.6 Å². The van der Waals surface area contributed by atoms with Crippen molar-refractivity contribution in [2.45, 2.75) is 18.2 Å². The first-order valence-corrected chi connectivity index (χ1v) is 12.0. The molecule has 3 aromatic rings. The lowest BCUT2D eigenvalue weighted by atomic mass is 10.2. The van der Waals surface area contributed by atoms with Crippen molar-refractivity contribution in [2.75, 3.05) is 24.0 Å². The van der Waals surface area contributed by atoms with Crippen LogP contribution in [0.4, 0.5) is 5.69 Å². The van der Waals surface area contributed by atoms with Gasteiger partial charge in [-0.3, -0.25) is 9.10 Å². The van der Waals surface area contributed by atoms with E-state index in [4.69, 9.17) is 16.3 Å². The predicted octanol–water partition coefficient (Wildman–Crippen LogP) is 4.29. The Hall–Kier alpha value is -3.03. The number of hydrogen-bond acceptors (Lipinski definition) is 4. The molecule has 0 heterocycles. The second-order valence-electron chi connectivity index (χ2n) is 7.00. The van der Waals surface area contributed by atoms with Crippen molar-refractivity contribution in [2.24, 2.45) is 0 Å². The molecule has 1 amide bonds. The van der Waals surface area contributed by atoms with Gasteiger partial charge in [0.15, 0.2) is 0 Å². The monoisotopic (exact) mass is 472 g/mol. The Bertz CT molecular complexity index is 1140. The minimum atomic E-state index is -3.96. The fourth-order valence-electron chi connectivity index (χ4n) is 3.03. The zero-order valence-electron chi connectivity index (χ0n) is 17.7. The molecule has 0 aliphatic carbocycles. The molecule has 0 aromatic heterocycles. The Kier molecular flexibility index (Phi) is 8.14. The third-order valence-corrected chi connectivity index (χ3v) is 6.76. The van der Waals surface area contributed by atoms with Gasteiger partial charge in [-0.05, 0) is 54.4 Å². The number of hydrogen-bond donors (Lipinski definition) is 1. The lowest BCUT2D eigenvalue weighted by Gasteiger charge is -2.24. The summed E-state index contributed by atoms with van der Waals surface area (Å²) < 4.78 is 33.1. The van der Waals surface area contributed by atoms with Crippen LogP contribution in [-0.2, 0) is 21.2 Å². The highest BCUT2D eigenvalue weighted by Gasteiger charge is 2.27. The number of amides is 1. The van der Waals surface area contributed by atoms with Crippen molar-refractivity contribution < 1.29 is 17.9 Å². The molecule has 3 aromatic carbocycles. The van der Waals surface area contributed by atoms with E-state index in [2.05, 4.69) is 12.2 Å². The molecule has 8 heteroatoms. The summed E-state index contributed by atoms with van der Waals surface area (Å²) in [5.74, 6) is 0.262. The summed E-state index contributed by atoms with van der Waals surface area (Å²) in [6, 6.07) is 22.1. The molecule has 0 atom stereocenters. The molecule has 0 radical (unpaired) electrons. The lowest BCUT2D eigenvalue weighted by Crippen LogP contribution is -2.41. The van der Waals surface area contributed by atoms with Crippen LogP contribution in [0.15, 0.2) is 83.8 Å². The first kappa shape index (κ1) is 23.6. The Labute approximate surface area is 193 Å². The van der Waals surface area contributed by atoms with Gasteiger partial charge in [-0.1, -0.05) is 54.9 Å². The first-order chi connectivity index (χ1) is 15.4. The maximum Gasteiger partial charge on any atom is 0.264 e. The van der Waals surface area contributed by atoms with Crippen molar-refractivity contribution in [3.8, 4) is 5.75 Å². The van der Waals surface area contributed by atoms with Gasteiger partial charge in [0.05, 0.1) is 17.1 Å². The molecule has 0 unspecified atom stereocenters. The molecule has 0 spiro atoms. The van der Waals surface area contributed by atoms with Crippen LogP contribution < -0.4 is 14.4 Å². The highest BCUT2D eigenvalue weighted by molar-refractivity contribution is 7.92. The number of halogens is 1. The standard InChI is InChI=1S/C24H25ClN2O4S/c1-2-19-11-13-22(14-12-19)31-16-15-26-24(28)18-27(21-8-6-7-20(25)17-21)32(29,30)23-9-4-3-5-10-23/h3-14,17H,2,15-16,18H2,1H3,(H,26,28). The van der Waals surface area contributed by atoms with E-state index < -0.39 is 15.9 Å². The topological polar surface area (TPSA) is 75.7 Å². The number of carbonyl (C=O) groups is 1. The smallest absolute Gasteiger partial charge is 0.264 e. The van der Waals surface area contributed by atoms with E-state index in [1.165, 1.54) is 23.8 Å². The highest BCUT2D eigenvalue weighted by Crippen LogP contribution is 2.25. The van der Waals surface area contributed by atoms with Crippen LogP contribution in [0, 0.1) is 0 Å². The molecule has 0 aliphatic rings. The maximum absolute atomic E-state index is 13.2. The molecule has 0 aliphatic heterocycles. The first-order valence-electron chi connectivity index (χ1n) is 10.2. The third kappa shape index (κ3) is 6.24. The van der Waals surface area contributed by atoms with Gasteiger partial charge in [-0.15, -0.1) is 0 Å². The largest absolute Gasteiger partial charge is 0.492 e. The molecule has 0 saturated heterocycles. The average Bonchev–Trinajstić information content (AvgIpc) is 2.81. The van der Waals surface area contributed by atoms with Crippen molar-refractivity contribution >= 4 is 33.2 Å². The van der Waals surface area contributed by atoms with Crippen molar-refractivity contribution in [3.63, 3.8) is 0 Å². The fraction of sp³-hybridized carbons (Fsp3) is 0.208. The van der Waals surface area contributed by atoms with Gasteiger partial charge in [0.2, 0.25) is 5.91 Å².